The zero-order chi connectivity index (χ0) is 18.4. The Kier molecular flexibility index (Phi) is 5.92. The Bertz CT molecular complexity index is 764. The Morgan fingerprint density at radius 1 is 1.08 bits per heavy atom. The summed E-state index contributed by atoms with van der Waals surface area (Å²) in [4.78, 5) is 23.8. The molecule has 2 rings (SSSR count). The first-order chi connectivity index (χ1) is 11.7. The standard InChI is InChI=1S/C16H13F3N2O3S/c17-16(18,19)24-11-7-5-10(6-8-11)21-15(23)12-3-1-2-4-13(12)25-9-14(20)22/h1-8H,9H2,(H2,20,22)(H,21,23). The lowest BCUT2D eigenvalue weighted by atomic mass is 10.2. The molecule has 2 aromatic rings. The molecule has 0 saturated carbocycles. The number of thioether (sulfide) groups is 1. The summed E-state index contributed by atoms with van der Waals surface area (Å²) in [5.74, 6) is -1.34. The summed E-state index contributed by atoms with van der Waals surface area (Å²) in [6, 6.07) is 11.4. The smallest absolute Gasteiger partial charge is 0.406 e. The van der Waals surface area contributed by atoms with Gasteiger partial charge < -0.3 is 15.8 Å². The maximum atomic E-state index is 12.3. The van der Waals surface area contributed by atoms with Crippen LogP contribution in [0, 0.1) is 0 Å². The van der Waals surface area contributed by atoms with Gasteiger partial charge in [0.2, 0.25) is 5.91 Å². The fourth-order valence-corrected chi connectivity index (χ4v) is 2.66. The number of primary amides is 1. The average molecular weight is 370 g/mol. The van der Waals surface area contributed by atoms with Crippen molar-refractivity contribution in [2.75, 3.05) is 11.1 Å². The van der Waals surface area contributed by atoms with Crippen molar-refractivity contribution >= 4 is 29.3 Å². The molecular formula is C16H13F3N2O3S. The monoisotopic (exact) mass is 370 g/mol. The van der Waals surface area contributed by atoms with E-state index >= 15 is 0 Å². The predicted octanol–water partition coefficient (Wildman–Crippen LogP) is 3.41. The minimum atomic E-state index is -4.78. The van der Waals surface area contributed by atoms with E-state index in [4.69, 9.17) is 5.73 Å². The van der Waals surface area contributed by atoms with E-state index < -0.39 is 18.2 Å². The molecule has 0 radical (unpaired) electrons. The van der Waals surface area contributed by atoms with Crippen molar-refractivity contribution in [3.8, 4) is 5.75 Å². The highest BCUT2D eigenvalue weighted by atomic mass is 32.2. The highest BCUT2D eigenvalue weighted by Gasteiger charge is 2.30. The molecular weight excluding hydrogens is 357 g/mol. The largest absolute Gasteiger partial charge is 0.573 e. The normalized spacial score (nSPS) is 11.0. The number of anilines is 1. The van der Waals surface area contributed by atoms with Crippen LogP contribution in [0.5, 0.6) is 5.75 Å². The highest BCUT2D eigenvalue weighted by molar-refractivity contribution is 8.00. The van der Waals surface area contributed by atoms with Crippen LogP contribution in [0.4, 0.5) is 18.9 Å². The molecule has 0 spiro atoms. The molecule has 0 bridgehead atoms. The molecule has 0 atom stereocenters. The summed E-state index contributed by atoms with van der Waals surface area (Å²) < 4.78 is 40.1. The number of carbonyl (C=O) groups excluding carboxylic acids is 2. The van der Waals surface area contributed by atoms with Gasteiger partial charge in [-0.2, -0.15) is 0 Å². The minimum Gasteiger partial charge on any atom is -0.406 e. The lowest BCUT2D eigenvalue weighted by Gasteiger charge is -2.11. The van der Waals surface area contributed by atoms with E-state index in [0.717, 1.165) is 23.9 Å². The zero-order valence-corrected chi connectivity index (χ0v) is 13.5. The van der Waals surface area contributed by atoms with Gasteiger partial charge in [0.1, 0.15) is 5.75 Å². The summed E-state index contributed by atoms with van der Waals surface area (Å²) >= 11 is 1.12. The van der Waals surface area contributed by atoms with Gasteiger partial charge in [0, 0.05) is 10.6 Å². The molecule has 25 heavy (non-hydrogen) atoms. The number of ether oxygens (including phenoxy) is 1. The molecule has 5 nitrogen and oxygen atoms in total. The number of hydrogen-bond acceptors (Lipinski definition) is 4. The van der Waals surface area contributed by atoms with Crippen molar-refractivity contribution in [1.82, 2.24) is 0 Å². The third kappa shape index (κ3) is 6.03. The Morgan fingerprint density at radius 2 is 1.72 bits per heavy atom. The molecule has 0 heterocycles. The van der Waals surface area contributed by atoms with Crippen molar-refractivity contribution in [3.63, 3.8) is 0 Å². The van der Waals surface area contributed by atoms with Crippen molar-refractivity contribution in [3.05, 3.63) is 54.1 Å². The SMILES string of the molecule is NC(=O)CSc1ccccc1C(=O)Nc1ccc(OC(F)(F)F)cc1. The number of alkyl halides is 3. The van der Waals surface area contributed by atoms with Crippen molar-refractivity contribution in [2.24, 2.45) is 5.73 Å². The van der Waals surface area contributed by atoms with Crippen LogP contribution in [-0.2, 0) is 4.79 Å². The second-order valence-electron chi connectivity index (χ2n) is 4.78. The topological polar surface area (TPSA) is 81.4 Å². The van der Waals surface area contributed by atoms with Crippen LogP contribution < -0.4 is 15.8 Å². The zero-order valence-electron chi connectivity index (χ0n) is 12.7. The quantitative estimate of drug-likeness (QED) is 0.764. The fraction of sp³-hybridized carbons (Fsp3) is 0.125. The first-order valence-corrected chi connectivity index (χ1v) is 7.90. The lowest BCUT2D eigenvalue weighted by Crippen LogP contribution is -2.17. The molecule has 132 valence electrons. The van der Waals surface area contributed by atoms with Gasteiger partial charge in [-0.05, 0) is 36.4 Å². The second-order valence-corrected chi connectivity index (χ2v) is 5.79. The van der Waals surface area contributed by atoms with Gasteiger partial charge >= 0.3 is 6.36 Å². The number of benzene rings is 2. The van der Waals surface area contributed by atoms with Gasteiger partial charge in [-0.15, -0.1) is 24.9 Å². The summed E-state index contributed by atoms with van der Waals surface area (Å²) in [6.07, 6.45) is -4.78. The Labute approximate surface area is 145 Å². The predicted molar refractivity (Wildman–Crippen MR) is 87.4 cm³/mol. The Morgan fingerprint density at radius 3 is 2.32 bits per heavy atom. The Hall–Kier alpha value is -2.68. The van der Waals surface area contributed by atoms with Crippen molar-refractivity contribution in [1.29, 1.82) is 0 Å². The molecule has 3 N–H and O–H groups in total. The van der Waals surface area contributed by atoms with Crippen LogP contribution in [-0.4, -0.2) is 23.9 Å². The van der Waals surface area contributed by atoms with E-state index in [9.17, 15) is 22.8 Å². The molecule has 0 aliphatic carbocycles. The molecule has 9 heteroatoms. The van der Waals surface area contributed by atoms with Crippen LogP contribution in [0.25, 0.3) is 0 Å². The molecule has 2 aromatic carbocycles. The van der Waals surface area contributed by atoms with Gasteiger partial charge in [0.05, 0.1) is 11.3 Å². The third-order valence-corrected chi connectivity index (χ3v) is 3.94. The van der Waals surface area contributed by atoms with Crippen LogP contribution >= 0.6 is 11.8 Å². The molecule has 0 aliphatic rings. The van der Waals surface area contributed by atoms with Crippen molar-refractivity contribution < 1.29 is 27.5 Å². The molecule has 2 amide bonds. The number of rotatable bonds is 6. The van der Waals surface area contributed by atoms with Crippen LogP contribution in [0.3, 0.4) is 0 Å². The molecule has 0 unspecified atom stereocenters. The summed E-state index contributed by atoms with van der Waals surface area (Å²) in [5, 5.41) is 2.57. The molecule has 0 aliphatic heterocycles. The van der Waals surface area contributed by atoms with Gasteiger partial charge in [-0.3, -0.25) is 9.59 Å². The van der Waals surface area contributed by atoms with E-state index in [1.165, 1.54) is 12.1 Å². The first kappa shape index (κ1) is 18.7. The molecule has 0 fully saturated rings. The maximum Gasteiger partial charge on any atom is 0.573 e. The van der Waals surface area contributed by atoms with Gasteiger partial charge in [0.25, 0.3) is 5.91 Å². The third-order valence-electron chi connectivity index (χ3n) is 2.85. The van der Waals surface area contributed by atoms with Gasteiger partial charge in [-0.25, -0.2) is 0 Å². The highest BCUT2D eigenvalue weighted by Crippen LogP contribution is 2.26. The van der Waals surface area contributed by atoms with Gasteiger partial charge in [-0.1, -0.05) is 12.1 Å². The summed E-state index contributed by atoms with van der Waals surface area (Å²) in [6.45, 7) is 0. The van der Waals surface area contributed by atoms with E-state index in [0.29, 0.717) is 16.1 Å². The first-order valence-electron chi connectivity index (χ1n) is 6.92. The van der Waals surface area contributed by atoms with Crippen LogP contribution in [0.2, 0.25) is 0 Å². The van der Waals surface area contributed by atoms with Crippen LogP contribution in [0.1, 0.15) is 10.4 Å². The number of halogens is 3. The number of nitrogens with one attached hydrogen (secondary N) is 1. The van der Waals surface area contributed by atoms with E-state index in [-0.39, 0.29) is 11.5 Å². The summed E-state index contributed by atoms with van der Waals surface area (Å²) in [5.41, 5.74) is 5.72. The van der Waals surface area contributed by atoms with E-state index in [2.05, 4.69) is 10.1 Å². The minimum absolute atomic E-state index is 0.0216. The maximum absolute atomic E-state index is 12.3. The molecule has 0 saturated heterocycles. The van der Waals surface area contributed by atoms with E-state index in [1.54, 1.807) is 24.3 Å². The fourth-order valence-electron chi connectivity index (χ4n) is 1.87. The number of hydrogen-bond donors (Lipinski definition) is 2. The number of nitrogens with two attached hydrogens (primary N) is 1. The van der Waals surface area contributed by atoms with Gasteiger partial charge in [0.15, 0.2) is 0 Å². The van der Waals surface area contributed by atoms with Crippen molar-refractivity contribution in [2.45, 2.75) is 11.3 Å². The average Bonchev–Trinajstić information content (AvgIpc) is 2.53. The molecule has 0 aromatic heterocycles. The number of carbonyl (C=O) groups is 2. The summed E-state index contributed by atoms with van der Waals surface area (Å²) in [7, 11) is 0. The second kappa shape index (κ2) is 7.93. The van der Waals surface area contributed by atoms with E-state index in [1.807, 2.05) is 0 Å². The number of amides is 2. The lowest BCUT2D eigenvalue weighted by molar-refractivity contribution is -0.274. The van der Waals surface area contributed by atoms with Crippen LogP contribution in [0.15, 0.2) is 53.4 Å². The Balaban J connectivity index is 2.08.